The number of rotatable bonds is 4. The molecule has 0 spiro atoms. The van der Waals surface area contributed by atoms with Gasteiger partial charge in [0.15, 0.2) is 0 Å². The van der Waals surface area contributed by atoms with Crippen LogP contribution in [0.2, 0.25) is 4.34 Å². The van der Waals surface area contributed by atoms with Gasteiger partial charge in [0, 0.05) is 18.0 Å². The summed E-state index contributed by atoms with van der Waals surface area (Å²) in [5, 5.41) is 6.24. The van der Waals surface area contributed by atoms with Gasteiger partial charge in [0.1, 0.15) is 0 Å². The number of nitrogens with one attached hydrogen (secondary N) is 2. The van der Waals surface area contributed by atoms with E-state index in [0.717, 1.165) is 23.8 Å². The van der Waals surface area contributed by atoms with Crippen LogP contribution in [0.15, 0.2) is 12.1 Å². The van der Waals surface area contributed by atoms with E-state index in [2.05, 4.69) is 17.6 Å². The van der Waals surface area contributed by atoms with E-state index >= 15 is 0 Å². The van der Waals surface area contributed by atoms with Crippen molar-refractivity contribution >= 4 is 28.8 Å². The fourth-order valence-corrected chi connectivity index (χ4v) is 3.17. The van der Waals surface area contributed by atoms with E-state index in [4.69, 9.17) is 11.6 Å². The first kappa shape index (κ1) is 12.9. The normalized spacial score (nSPS) is 23.9. The third-order valence-corrected chi connectivity index (χ3v) is 4.44. The molecule has 2 atom stereocenters. The Bertz CT molecular complexity index is 394. The third-order valence-electron chi connectivity index (χ3n) is 3.15. The van der Waals surface area contributed by atoms with Crippen molar-refractivity contribution in [1.29, 1.82) is 0 Å². The van der Waals surface area contributed by atoms with E-state index in [0.29, 0.717) is 12.5 Å². The summed E-state index contributed by atoms with van der Waals surface area (Å²) in [6, 6.07) is 3.91. The third kappa shape index (κ3) is 3.44. The number of amides is 1. The van der Waals surface area contributed by atoms with E-state index < -0.39 is 0 Å². The second-order valence-corrected chi connectivity index (χ2v) is 6.29. The first-order valence-corrected chi connectivity index (χ1v) is 7.09. The standard InChI is InChI=1S/C12H17ClN2OS/c1-8-6-14-7-10(8)12(16)15-5-4-9-2-3-11(13)17-9/h2-3,8,10,14H,4-7H2,1H3,(H,15,16)/t8-,10-/m1/s1. The molecule has 5 heteroatoms. The number of hydrogen-bond donors (Lipinski definition) is 2. The van der Waals surface area contributed by atoms with Crippen LogP contribution in [0, 0.1) is 11.8 Å². The zero-order valence-electron chi connectivity index (χ0n) is 9.83. The van der Waals surface area contributed by atoms with Gasteiger partial charge in [0.2, 0.25) is 5.91 Å². The molecule has 1 aliphatic rings. The van der Waals surface area contributed by atoms with Gasteiger partial charge in [-0.2, -0.15) is 0 Å². The molecule has 1 aromatic heterocycles. The summed E-state index contributed by atoms with van der Waals surface area (Å²) < 4.78 is 0.806. The highest BCUT2D eigenvalue weighted by atomic mass is 35.5. The van der Waals surface area contributed by atoms with Gasteiger partial charge in [-0.3, -0.25) is 4.79 Å². The largest absolute Gasteiger partial charge is 0.355 e. The molecule has 2 N–H and O–H groups in total. The number of hydrogen-bond acceptors (Lipinski definition) is 3. The van der Waals surface area contributed by atoms with Crippen molar-refractivity contribution in [3.05, 3.63) is 21.3 Å². The molecule has 2 heterocycles. The van der Waals surface area contributed by atoms with Gasteiger partial charge in [-0.15, -0.1) is 11.3 Å². The summed E-state index contributed by atoms with van der Waals surface area (Å²) in [6.45, 7) is 4.55. The lowest BCUT2D eigenvalue weighted by Crippen LogP contribution is -2.35. The second kappa shape index (κ2) is 5.85. The van der Waals surface area contributed by atoms with Crippen LogP contribution < -0.4 is 10.6 Å². The Morgan fingerprint density at radius 3 is 3.00 bits per heavy atom. The van der Waals surface area contributed by atoms with E-state index in [1.807, 2.05) is 12.1 Å². The van der Waals surface area contributed by atoms with Gasteiger partial charge in [-0.05, 0) is 31.0 Å². The molecule has 1 amide bonds. The summed E-state index contributed by atoms with van der Waals surface area (Å²) in [5.74, 6) is 0.734. The predicted octanol–water partition coefficient (Wildman–Crippen LogP) is 1.92. The van der Waals surface area contributed by atoms with Crippen LogP contribution in [0.25, 0.3) is 0 Å². The van der Waals surface area contributed by atoms with E-state index in [1.165, 1.54) is 4.88 Å². The fraction of sp³-hybridized carbons (Fsp3) is 0.583. The fourth-order valence-electron chi connectivity index (χ4n) is 2.09. The molecular weight excluding hydrogens is 256 g/mol. The molecule has 1 aliphatic heterocycles. The Morgan fingerprint density at radius 1 is 1.59 bits per heavy atom. The molecule has 17 heavy (non-hydrogen) atoms. The average molecular weight is 273 g/mol. The van der Waals surface area contributed by atoms with Crippen LogP contribution >= 0.6 is 22.9 Å². The van der Waals surface area contributed by atoms with Gasteiger partial charge in [0.05, 0.1) is 10.3 Å². The minimum absolute atomic E-state index is 0.127. The molecule has 0 aliphatic carbocycles. The molecule has 1 aromatic rings. The van der Waals surface area contributed by atoms with Crippen LogP contribution in [-0.2, 0) is 11.2 Å². The number of halogens is 1. The van der Waals surface area contributed by atoms with Gasteiger partial charge < -0.3 is 10.6 Å². The smallest absolute Gasteiger partial charge is 0.224 e. The number of carbonyl (C=O) groups excluding carboxylic acids is 1. The van der Waals surface area contributed by atoms with Crippen molar-refractivity contribution in [2.45, 2.75) is 13.3 Å². The molecule has 0 bridgehead atoms. The van der Waals surface area contributed by atoms with Crippen LogP contribution in [0.1, 0.15) is 11.8 Å². The molecule has 2 rings (SSSR count). The van der Waals surface area contributed by atoms with Gasteiger partial charge in [-0.1, -0.05) is 18.5 Å². The predicted molar refractivity (Wildman–Crippen MR) is 71.6 cm³/mol. The van der Waals surface area contributed by atoms with Crippen LogP contribution in [0.5, 0.6) is 0 Å². The Morgan fingerprint density at radius 2 is 2.41 bits per heavy atom. The Labute approximate surface area is 111 Å². The van der Waals surface area contributed by atoms with Crippen molar-refractivity contribution < 1.29 is 4.79 Å². The number of thiophene rings is 1. The Hall–Kier alpha value is -0.580. The lowest BCUT2D eigenvalue weighted by Gasteiger charge is -2.13. The highest BCUT2D eigenvalue weighted by molar-refractivity contribution is 7.16. The van der Waals surface area contributed by atoms with E-state index in [9.17, 15) is 4.79 Å². The SMILES string of the molecule is C[C@@H]1CNC[C@H]1C(=O)NCCc1ccc(Cl)s1. The van der Waals surface area contributed by atoms with Crippen molar-refractivity contribution in [3.8, 4) is 0 Å². The molecule has 0 aromatic carbocycles. The Balaban J connectivity index is 1.73. The summed E-state index contributed by atoms with van der Waals surface area (Å²) >= 11 is 7.42. The topological polar surface area (TPSA) is 41.1 Å². The lowest BCUT2D eigenvalue weighted by atomic mass is 9.97. The summed E-state index contributed by atoms with van der Waals surface area (Å²) in [6.07, 6.45) is 0.859. The highest BCUT2D eigenvalue weighted by Crippen LogP contribution is 2.21. The second-order valence-electron chi connectivity index (χ2n) is 4.49. The van der Waals surface area contributed by atoms with Crippen molar-refractivity contribution in [2.24, 2.45) is 11.8 Å². The highest BCUT2D eigenvalue weighted by Gasteiger charge is 2.28. The minimum Gasteiger partial charge on any atom is -0.355 e. The lowest BCUT2D eigenvalue weighted by molar-refractivity contribution is -0.125. The van der Waals surface area contributed by atoms with Crippen molar-refractivity contribution in [2.75, 3.05) is 19.6 Å². The van der Waals surface area contributed by atoms with E-state index in [1.54, 1.807) is 11.3 Å². The summed E-state index contributed by atoms with van der Waals surface area (Å²) in [7, 11) is 0. The van der Waals surface area contributed by atoms with Gasteiger partial charge in [-0.25, -0.2) is 0 Å². The molecule has 94 valence electrons. The molecule has 0 saturated carbocycles. The molecule has 0 unspecified atom stereocenters. The van der Waals surface area contributed by atoms with Gasteiger partial charge >= 0.3 is 0 Å². The van der Waals surface area contributed by atoms with E-state index in [-0.39, 0.29) is 11.8 Å². The molecule has 0 radical (unpaired) electrons. The molecule has 3 nitrogen and oxygen atoms in total. The first-order chi connectivity index (χ1) is 8.16. The van der Waals surface area contributed by atoms with Crippen LogP contribution in [0.4, 0.5) is 0 Å². The van der Waals surface area contributed by atoms with Gasteiger partial charge in [0.25, 0.3) is 0 Å². The maximum Gasteiger partial charge on any atom is 0.224 e. The maximum atomic E-state index is 11.9. The summed E-state index contributed by atoms with van der Waals surface area (Å²) in [5.41, 5.74) is 0. The van der Waals surface area contributed by atoms with Crippen LogP contribution in [0.3, 0.4) is 0 Å². The van der Waals surface area contributed by atoms with Crippen molar-refractivity contribution in [1.82, 2.24) is 10.6 Å². The molecule has 1 fully saturated rings. The van der Waals surface area contributed by atoms with Crippen molar-refractivity contribution in [3.63, 3.8) is 0 Å². The number of carbonyl (C=O) groups is 1. The van der Waals surface area contributed by atoms with Crippen LogP contribution in [-0.4, -0.2) is 25.5 Å². The monoisotopic (exact) mass is 272 g/mol. The Kier molecular flexibility index (Phi) is 4.42. The molecular formula is C12H17ClN2OS. The minimum atomic E-state index is 0.127. The summed E-state index contributed by atoms with van der Waals surface area (Å²) in [4.78, 5) is 13.1. The average Bonchev–Trinajstić information content (AvgIpc) is 2.87. The zero-order chi connectivity index (χ0) is 12.3. The first-order valence-electron chi connectivity index (χ1n) is 5.89. The zero-order valence-corrected chi connectivity index (χ0v) is 11.4. The maximum absolute atomic E-state index is 11.9. The quantitative estimate of drug-likeness (QED) is 0.879. The molecule has 1 saturated heterocycles.